The molecule has 102 valence electrons. The number of nitrogens with one attached hydrogen (secondary N) is 1. The van der Waals surface area contributed by atoms with Gasteiger partial charge in [0.05, 0.1) is 22.4 Å². The standard InChI is InChI=1S/C13H18BrN5/c1-18(2)10-6-4-9(5-7-10)12(17-15)13-11(14)8-16-19(13)3/h4-8,12,17H,15H2,1-3H3. The van der Waals surface area contributed by atoms with Crippen molar-refractivity contribution in [1.82, 2.24) is 15.2 Å². The van der Waals surface area contributed by atoms with Crippen LogP contribution >= 0.6 is 15.9 Å². The minimum Gasteiger partial charge on any atom is -0.378 e. The molecule has 0 aliphatic carbocycles. The zero-order chi connectivity index (χ0) is 14.0. The quantitative estimate of drug-likeness (QED) is 0.665. The average Bonchev–Trinajstić information content (AvgIpc) is 2.72. The topological polar surface area (TPSA) is 59.1 Å². The van der Waals surface area contributed by atoms with E-state index in [1.54, 1.807) is 6.20 Å². The van der Waals surface area contributed by atoms with E-state index < -0.39 is 0 Å². The van der Waals surface area contributed by atoms with Gasteiger partial charge in [-0.25, -0.2) is 5.43 Å². The number of hydrogen-bond donors (Lipinski definition) is 2. The lowest BCUT2D eigenvalue weighted by Crippen LogP contribution is -2.30. The van der Waals surface area contributed by atoms with Crippen molar-refractivity contribution < 1.29 is 0 Å². The van der Waals surface area contributed by atoms with Crippen molar-refractivity contribution in [3.05, 3.63) is 46.2 Å². The van der Waals surface area contributed by atoms with Crippen molar-refractivity contribution in [2.24, 2.45) is 12.9 Å². The summed E-state index contributed by atoms with van der Waals surface area (Å²) >= 11 is 3.51. The molecule has 3 N–H and O–H groups in total. The van der Waals surface area contributed by atoms with Crippen molar-refractivity contribution in [3.63, 3.8) is 0 Å². The summed E-state index contributed by atoms with van der Waals surface area (Å²) in [5.41, 5.74) is 6.10. The number of aromatic nitrogens is 2. The van der Waals surface area contributed by atoms with Gasteiger partial charge >= 0.3 is 0 Å². The first-order valence-corrected chi connectivity index (χ1v) is 6.74. The predicted octanol–water partition coefficient (Wildman–Crippen LogP) is 1.80. The highest BCUT2D eigenvalue weighted by molar-refractivity contribution is 9.10. The number of anilines is 1. The first-order chi connectivity index (χ1) is 9.04. The van der Waals surface area contributed by atoms with Crippen LogP contribution in [0.5, 0.6) is 0 Å². The van der Waals surface area contributed by atoms with Crippen LogP contribution in [0.15, 0.2) is 34.9 Å². The molecule has 0 spiro atoms. The first kappa shape index (κ1) is 14.0. The maximum absolute atomic E-state index is 5.71. The number of nitrogens with zero attached hydrogens (tertiary/aromatic N) is 3. The number of hydrogen-bond acceptors (Lipinski definition) is 4. The molecule has 19 heavy (non-hydrogen) atoms. The van der Waals surface area contributed by atoms with Crippen LogP contribution in [0.1, 0.15) is 17.3 Å². The minimum atomic E-state index is -0.0990. The lowest BCUT2D eigenvalue weighted by molar-refractivity contribution is 0.573. The zero-order valence-corrected chi connectivity index (χ0v) is 12.8. The molecule has 0 radical (unpaired) electrons. The van der Waals surface area contributed by atoms with E-state index in [1.807, 2.05) is 25.8 Å². The monoisotopic (exact) mass is 323 g/mol. The average molecular weight is 324 g/mol. The molecule has 6 heteroatoms. The van der Waals surface area contributed by atoms with Gasteiger partial charge < -0.3 is 4.90 Å². The second-order valence-electron chi connectivity index (χ2n) is 4.59. The number of nitrogens with two attached hydrogens (primary N) is 1. The van der Waals surface area contributed by atoms with Crippen LogP contribution in [-0.2, 0) is 7.05 Å². The van der Waals surface area contributed by atoms with E-state index >= 15 is 0 Å². The van der Waals surface area contributed by atoms with Crippen molar-refractivity contribution in [2.45, 2.75) is 6.04 Å². The van der Waals surface area contributed by atoms with Crippen LogP contribution in [0.2, 0.25) is 0 Å². The Morgan fingerprint density at radius 3 is 2.37 bits per heavy atom. The lowest BCUT2D eigenvalue weighted by atomic mass is 10.0. The summed E-state index contributed by atoms with van der Waals surface area (Å²) in [7, 11) is 5.94. The summed E-state index contributed by atoms with van der Waals surface area (Å²) < 4.78 is 2.75. The number of aryl methyl sites for hydroxylation is 1. The Kier molecular flexibility index (Phi) is 4.24. The highest BCUT2D eigenvalue weighted by Gasteiger charge is 2.19. The van der Waals surface area contributed by atoms with Crippen LogP contribution in [0, 0.1) is 0 Å². The molecule has 1 aromatic carbocycles. The molecule has 1 unspecified atom stereocenters. The Labute approximate surface area is 121 Å². The van der Waals surface area contributed by atoms with Crippen LogP contribution in [0.3, 0.4) is 0 Å². The van der Waals surface area contributed by atoms with Crippen molar-refractivity contribution in [3.8, 4) is 0 Å². The van der Waals surface area contributed by atoms with E-state index in [1.165, 1.54) is 0 Å². The van der Waals surface area contributed by atoms with Crippen LogP contribution < -0.4 is 16.2 Å². The van der Waals surface area contributed by atoms with Gasteiger partial charge in [-0.3, -0.25) is 10.5 Å². The fraction of sp³-hybridized carbons (Fsp3) is 0.308. The molecule has 2 aromatic rings. The van der Waals surface area contributed by atoms with Gasteiger partial charge in [0.2, 0.25) is 0 Å². The van der Waals surface area contributed by atoms with Crippen LogP contribution in [0.25, 0.3) is 0 Å². The van der Waals surface area contributed by atoms with Gasteiger partial charge in [-0.2, -0.15) is 5.10 Å². The molecule has 1 heterocycles. The number of benzene rings is 1. The fourth-order valence-corrected chi connectivity index (χ4v) is 2.62. The Morgan fingerprint density at radius 1 is 1.32 bits per heavy atom. The van der Waals surface area contributed by atoms with Crippen molar-refractivity contribution in [1.29, 1.82) is 0 Å². The van der Waals surface area contributed by atoms with E-state index in [9.17, 15) is 0 Å². The summed E-state index contributed by atoms with van der Waals surface area (Å²) in [5.74, 6) is 5.71. The lowest BCUT2D eigenvalue weighted by Gasteiger charge is -2.19. The molecule has 0 saturated heterocycles. The highest BCUT2D eigenvalue weighted by atomic mass is 79.9. The normalized spacial score (nSPS) is 12.5. The van der Waals surface area contributed by atoms with Gasteiger partial charge in [0.15, 0.2) is 0 Å². The van der Waals surface area contributed by atoms with Crippen LogP contribution in [0.4, 0.5) is 5.69 Å². The summed E-state index contributed by atoms with van der Waals surface area (Å²) in [6.45, 7) is 0. The van der Waals surface area contributed by atoms with E-state index in [4.69, 9.17) is 5.84 Å². The second kappa shape index (κ2) is 5.73. The summed E-state index contributed by atoms with van der Waals surface area (Å²) in [6.07, 6.45) is 1.77. The van der Waals surface area contributed by atoms with Gasteiger partial charge in [-0.05, 0) is 33.6 Å². The summed E-state index contributed by atoms with van der Waals surface area (Å²) in [4.78, 5) is 2.06. The Hall–Kier alpha value is -1.37. The minimum absolute atomic E-state index is 0.0990. The fourth-order valence-electron chi connectivity index (χ4n) is 2.04. The van der Waals surface area contributed by atoms with Gasteiger partial charge in [0.25, 0.3) is 0 Å². The Bertz CT molecular complexity index is 527. The largest absolute Gasteiger partial charge is 0.378 e. The van der Waals surface area contributed by atoms with Crippen LogP contribution in [-0.4, -0.2) is 23.9 Å². The van der Waals surface area contributed by atoms with E-state index in [-0.39, 0.29) is 6.04 Å². The molecular formula is C13H18BrN5. The SMILES string of the molecule is CN(C)c1ccc(C(NN)c2c(Br)cnn2C)cc1. The zero-order valence-electron chi connectivity index (χ0n) is 11.3. The molecular weight excluding hydrogens is 306 g/mol. The third-order valence-electron chi connectivity index (χ3n) is 3.12. The number of hydrazine groups is 1. The smallest absolute Gasteiger partial charge is 0.0889 e. The van der Waals surface area contributed by atoms with Crippen molar-refractivity contribution >= 4 is 21.6 Å². The summed E-state index contributed by atoms with van der Waals surface area (Å²) in [5, 5.41) is 4.22. The maximum atomic E-state index is 5.71. The second-order valence-corrected chi connectivity index (χ2v) is 5.44. The third kappa shape index (κ3) is 2.80. The highest BCUT2D eigenvalue weighted by Crippen LogP contribution is 2.28. The molecule has 0 fully saturated rings. The first-order valence-electron chi connectivity index (χ1n) is 5.95. The third-order valence-corrected chi connectivity index (χ3v) is 3.73. The van der Waals surface area contributed by atoms with Gasteiger partial charge in [0, 0.05) is 26.8 Å². The van der Waals surface area contributed by atoms with E-state index in [0.29, 0.717) is 0 Å². The molecule has 0 aliphatic rings. The molecule has 0 bridgehead atoms. The Morgan fingerprint density at radius 2 is 1.95 bits per heavy atom. The van der Waals surface area contributed by atoms with Gasteiger partial charge in [-0.1, -0.05) is 12.1 Å². The molecule has 1 aromatic heterocycles. The summed E-state index contributed by atoms with van der Waals surface area (Å²) in [6, 6.07) is 8.19. The van der Waals surface area contributed by atoms with Gasteiger partial charge in [0.1, 0.15) is 0 Å². The number of rotatable bonds is 4. The van der Waals surface area contributed by atoms with Gasteiger partial charge in [-0.15, -0.1) is 0 Å². The molecule has 0 aliphatic heterocycles. The number of halogens is 1. The van der Waals surface area contributed by atoms with E-state index in [2.05, 4.69) is 55.6 Å². The molecule has 0 amide bonds. The molecule has 5 nitrogen and oxygen atoms in total. The van der Waals surface area contributed by atoms with Crippen molar-refractivity contribution in [2.75, 3.05) is 19.0 Å². The Balaban J connectivity index is 2.37. The molecule has 2 rings (SSSR count). The van der Waals surface area contributed by atoms with E-state index in [0.717, 1.165) is 21.4 Å². The molecule has 0 saturated carbocycles. The molecule has 1 atom stereocenters. The predicted molar refractivity (Wildman–Crippen MR) is 80.8 cm³/mol. The maximum Gasteiger partial charge on any atom is 0.0889 e.